The normalized spacial score (nSPS) is 17.6. The van der Waals surface area contributed by atoms with Crippen molar-refractivity contribution in [3.05, 3.63) is 59.3 Å². The molecule has 8 heteroatoms. The number of rotatable bonds is 5. The van der Waals surface area contributed by atoms with Crippen molar-refractivity contribution in [1.82, 2.24) is 9.80 Å². The molecule has 2 heterocycles. The van der Waals surface area contributed by atoms with Gasteiger partial charge in [0.05, 0.1) is 19.4 Å². The van der Waals surface area contributed by atoms with E-state index in [0.29, 0.717) is 13.0 Å². The number of furan rings is 1. The zero-order chi connectivity index (χ0) is 19.6. The molecule has 1 aromatic heterocycles. The molecule has 0 aliphatic carbocycles. The van der Waals surface area contributed by atoms with E-state index in [0.717, 1.165) is 16.0 Å². The summed E-state index contributed by atoms with van der Waals surface area (Å²) in [4.78, 5) is 15.1. The molecule has 27 heavy (non-hydrogen) atoms. The fourth-order valence-corrected chi connectivity index (χ4v) is 3.37. The lowest BCUT2D eigenvalue weighted by Gasteiger charge is -2.36. The summed E-state index contributed by atoms with van der Waals surface area (Å²) in [6.07, 6.45) is -2.54. The lowest BCUT2D eigenvalue weighted by Crippen LogP contribution is -2.46. The number of nitrogens with zero attached hydrogens (tertiary/aromatic N) is 2. The molecule has 1 aliphatic rings. The molecule has 4 nitrogen and oxygen atoms in total. The third-order valence-electron chi connectivity index (χ3n) is 4.76. The summed E-state index contributed by atoms with van der Waals surface area (Å²) >= 11 is 0. The monoisotopic (exact) mass is 384 g/mol. The topological polar surface area (TPSA) is 36.7 Å². The second kappa shape index (κ2) is 7.72. The first kappa shape index (κ1) is 19.4. The fourth-order valence-electron chi connectivity index (χ4n) is 3.37. The van der Waals surface area contributed by atoms with Gasteiger partial charge in [0.1, 0.15) is 18.1 Å². The number of carbonyl (C=O) groups is 1. The molecule has 3 rings (SSSR count). The van der Waals surface area contributed by atoms with Crippen LogP contribution in [-0.2, 0) is 17.8 Å². The van der Waals surface area contributed by atoms with Crippen molar-refractivity contribution in [1.29, 1.82) is 0 Å². The van der Waals surface area contributed by atoms with Gasteiger partial charge in [0.15, 0.2) is 0 Å². The van der Waals surface area contributed by atoms with E-state index in [4.69, 9.17) is 4.42 Å². The van der Waals surface area contributed by atoms with Gasteiger partial charge in [-0.2, -0.15) is 13.2 Å². The van der Waals surface area contributed by atoms with Gasteiger partial charge in [0, 0.05) is 12.6 Å². The Morgan fingerprint density at radius 2 is 2.11 bits per heavy atom. The van der Waals surface area contributed by atoms with Crippen LogP contribution < -0.4 is 0 Å². The SMILES string of the molecule is CC1c2cc(F)ccc2CCN1CC(=O)N(Cc1ccco1)CC(F)(F)F. The minimum absolute atomic E-state index is 0.173. The summed E-state index contributed by atoms with van der Waals surface area (Å²) in [6.45, 7) is 0.574. The maximum absolute atomic E-state index is 13.6. The van der Waals surface area contributed by atoms with Gasteiger partial charge in [0.25, 0.3) is 0 Å². The van der Waals surface area contributed by atoms with E-state index in [-0.39, 0.29) is 30.7 Å². The van der Waals surface area contributed by atoms with Crippen molar-refractivity contribution < 1.29 is 26.8 Å². The Morgan fingerprint density at radius 3 is 2.78 bits per heavy atom. The molecule has 1 unspecified atom stereocenters. The Kier molecular flexibility index (Phi) is 5.55. The second-order valence-corrected chi connectivity index (χ2v) is 6.68. The van der Waals surface area contributed by atoms with Gasteiger partial charge >= 0.3 is 6.18 Å². The van der Waals surface area contributed by atoms with Crippen LogP contribution in [0.4, 0.5) is 17.6 Å². The number of amides is 1. The van der Waals surface area contributed by atoms with Crippen LogP contribution >= 0.6 is 0 Å². The van der Waals surface area contributed by atoms with Gasteiger partial charge in [-0.05, 0) is 48.7 Å². The molecular weight excluding hydrogens is 364 g/mol. The van der Waals surface area contributed by atoms with Crippen LogP contribution in [0.2, 0.25) is 0 Å². The lowest BCUT2D eigenvalue weighted by molar-refractivity contribution is -0.163. The van der Waals surface area contributed by atoms with Crippen molar-refractivity contribution in [2.24, 2.45) is 0 Å². The highest BCUT2D eigenvalue weighted by atomic mass is 19.4. The fraction of sp³-hybridized carbons (Fsp3) is 0.421. The highest BCUT2D eigenvalue weighted by molar-refractivity contribution is 5.78. The second-order valence-electron chi connectivity index (χ2n) is 6.68. The molecule has 0 bridgehead atoms. The van der Waals surface area contributed by atoms with Gasteiger partial charge in [-0.15, -0.1) is 0 Å². The van der Waals surface area contributed by atoms with Gasteiger partial charge < -0.3 is 9.32 Å². The summed E-state index contributed by atoms with van der Waals surface area (Å²) in [5.41, 5.74) is 1.76. The number of halogens is 4. The molecule has 2 aromatic rings. The quantitative estimate of drug-likeness (QED) is 0.733. The van der Waals surface area contributed by atoms with Crippen molar-refractivity contribution in [3.8, 4) is 0 Å². The molecule has 1 atom stereocenters. The Balaban J connectivity index is 1.73. The van der Waals surface area contributed by atoms with Crippen LogP contribution in [0.25, 0.3) is 0 Å². The molecule has 0 saturated carbocycles. The lowest BCUT2D eigenvalue weighted by atomic mass is 9.93. The average Bonchev–Trinajstić information content (AvgIpc) is 3.09. The number of carbonyl (C=O) groups excluding carboxylic acids is 1. The molecule has 0 saturated heterocycles. The van der Waals surface area contributed by atoms with Crippen molar-refractivity contribution >= 4 is 5.91 Å². The molecule has 0 spiro atoms. The predicted octanol–water partition coefficient (Wildman–Crippen LogP) is 3.93. The minimum Gasteiger partial charge on any atom is -0.467 e. The zero-order valence-corrected chi connectivity index (χ0v) is 14.8. The number of hydrogen-bond donors (Lipinski definition) is 0. The van der Waals surface area contributed by atoms with Gasteiger partial charge in [-0.1, -0.05) is 6.07 Å². The Hall–Kier alpha value is -2.35. The number of fused-ring (bicyclic) bond motifs is 1. The zero-order valence-electron chi connectivity index (χ0n) is 14.8. The molecule has 1 amide bonds. The number of alkyl halides is 3. The molecule has 1 aromatic carbocycles. The van der Waals surface area contributed by atoms with Crippen molar-refractivity contribution in [3.63, 3.8) is 0 Å². The first-order valence-electron chi connectivity index (χ1n) is 8.62. The van der Waals surface area contributed by atoms with Crippen LogP contribution in [0, 0.1) is 5.82 Å². The van der Waals surface area contributed by atoms with Gasteiger partial charge in [-0.25, -0.2) is 4.39 Å². The summed E-state index contributed by atoms with van der Waals surface area (Å²) in [6, 6.07) is 7.36. The van der Waals surface area contributed by atoms with E-state index in [1.54, 1.807) is 17.0 Å². The smallest absolute Gasteiger partial charge is 0.406 e. The Labute approximate surface area is 154 Å². The van der Waals surface area contributed by atoms with E-state index in [1.165, 1.54) is 24.5 Å². The Bertz CT molecular complexity index is 790. The molecule has 146 valence electrons. The predicted molar refractivity (Wildman–Crippen MR) is 90.3 cm³/mol. The summed E-state index contributed by atoms with van der Waals surface area (Å²) in [5, 5.41) is 0. The van der Waals surface area contributed by atoms with Gasteiger partial charge in [0.2, 0.25) is 5.91 Å². The summed E-state index contributed by atoms with van der Waals surface area (Å²) in [5.74, 6) is -0.729. The Morgan fingerprint density at radius 1 is 1.33 bits per heavy atom. The van der Waals surface area contributed by atoms with Crippen molar-refractivity contribution in [2.45, 2.75) is 32.1 Å². The van der Waals surface area contributed by atoms with Gasteiger partial charge in [-0.3, -0.25) is 9.69 Å². The third-order valence-corrected chi connectivity index (χ3v) is 4.76. The van der Waals surface area contributed by atoms with Crippen LogP contribution in [0.1, 0.15) is 29.9 Å². The number of hydrogen-bond acceptors (Lipinski definition) is 3. The maximum Gasteiger partial charge on any atom is 0.406 e. The molecule has 0 radical (unpaired) electrons. The van der Waals surface area contributed by atoms with E-state index in [9.17, 15) is 22.4 Å². The third kappa shape index (κ3) is 4.88. The van der Waals surface area contributed by atoms with Crippen LogP contribution in [0.5, 0.6) is 0 Å². The van der Waals surface area contributed by atoms with E-state index in [1.807, 2.05) is 6.92 Å². The molecule has 1 aliphatic heterocycles. The van der Waals surface area contributed by atoms with Crippen LogP contribution in [0.15, 0.2) is 41.0 Å². The van der Waals surface area contributed by atoms with E-state index < -0.39 is 18.6 Å². The maximum atomic E-state index is 13.6. The minimum atomic E-state index is -4.51. The highest BCUT2D eigenvalue weighted by Crippen LogP contribution is 2.30. The highest BCUT2D eigenvalue weighted by Gasteiger charge is 2.35. The van der Waals surface area contributed by atoms with Crippen LogP contribution in [-0.4, -0.2) is 41.5 Å². The first-order valence-corrected chi connectivity index (χ1v) is 8.62. The molecule has 0 fully saturated rings. The standard InChI is InChI=1S/C19H20F4N2O2/c1-13-17-9-15(20)5-4-14(17)6-7-24(13)11-18(26)25(12-19(21,22)23)10-16-3-2-8-27-16/h2-5,8-9,13H,6-7,10-12H2,1H3. The molecular formula is C19H20F4N2O2. The summed E-state index contributed by atoms with van der Waals surface area (Å²) in [7, 11) is 0. The van der Waals surface area contributed by atoms with Crippen LogP contribution in [0.3, 0.4) is 0 Å². The largest absolute Gasteiger partial charge is 0.467 e. The van der Waals surface area contributed by atoms with E-state index >= 15 is 0 Å². The average molecular weight is 384 g/mol. The number of benzene rings is 1. The van der Waals surface area contributed by atoms with Crippen molar-refractivity contribution in [2.75, 3.05) is 19.6 Å². The summed E-state index contributed by atoms with van der Waals surface area (Å²) < 4.78 is 57.4. The molecule has 0 N–H and O–H groups in total. The van der Waals surface area contributed by atoms with E-state index in [2.05, 4.69) is 0 Å². The first-order chi connectivity index (χ1) is 12.7.